The minimum absolute atomic E-state index is 0.303. The van der Waals surface area contributed by atoms with Crippen molar-refractivity contribution < 1.29 is 4.79 Å². The quantitative estimate of drug-likeness (QED) is 0.716. The van der Waals surface area contributed by atoms with E-state index in [0.29, 0.717) is 17.7 Å². The van der Waals surface area contributed by atoms with Crippen LogP contribution in [-0.2, 0) is 4.79 Å². The molecule has 1 aliphatic carbocycles. The van der Waals surface area contributed by atoms with Crippen LogP contribution in [-0.4, -0.2) is 30.3 Å². The topological polar surface area (TPSA) is 20.3 Å². The molecule has 0 saturated heterocycles. The van der Waals surface area contributed by atoms with Gasteiger partial charge in [0, 0.05) is 24.9 Å². The van der Waals surface area contributed by atoms with E-state index in [2.05, 4.69) is 32.7 Å². The normalized spacial score (nSPS) is 26.8. The van der Waals surface area contributed by atoms with Crippen LogP contribution < -0.4 is 0 Å². The number of hydrogen-bond donors (Lipinski definition) is 0. The Hall–Kier alpha value is -0.370. The number of hydrogen-bond acceptors (Lipinski definition) is 2. The summed E-state index contributed by atoms with van der Waals surface area (Å²) in [6.07, 6.45) is 5.64. The van der Waals surface area contributed by atoms with Crippen molar-refractivity contribution in [2.75, 3.05) is 13.6 Å². The van der Waals surface area contributed by atoms with E-state index in [9.17, 15) is 4.79 Å². The van der Waals surface area contributed by atoms with Gasteiger partial charge in [-0.05, 0) is 39.7 Å². The van der Waals surface area contributed by atoms with Crippen LogP contribution in [0.5, 0.6) is 0 Å². The van der Waals surface area contributed by atoms with E-state index < -0.39 is 0 Å². The van der Waals surface area contributed by atoms with E-state index in [1.807, 2.05) is 0 Å². The molecule has 0 amide bonds. The highest BCUT2D eigenvalue weighted by molar-refractivity contribution is 5.81. The zero-order valence-electron chi connectivity index (χ0n) is 11.3. The molecule has 0 N–H and O–H groups in total. The Balaban J connectivity index is 2.46. The lowest BCUT2D eigenvalue weighted by Gasteiger charge is -2.32. The summed E-state index contributed by atoms with van der Waals surface area (Å²) in [6.45, 7) is 7.58. The van der Waals surface area contributed by atoms with Crippen LogP contribution in [0.1, 0.15) is 52.9 Å². The summed E-state index contributed by atoms with van der Waals surface area (Å²) in [5, 5.41) is 0. The first-order valence-corrected chi connectivity index (χ1v) is 6.77. The molecule has 1 aliphatic rings. The summed E-state index contributed by atoms with van der Waals surface area (Å²) in [5.74, 6) is 1.60. The maximum Gasteiger partial charge on any atom is 0.137 e. The summed E-state index contributed by atoms with van der Waals surface area (Å²) >= 11 is 0. The van der Waals surface area contributed by atoms with E-state index in [-0.39, 0.29) is 0 Å². The Kier molecular flexibility index (Phi) is 5.47. The molecular formula is C14H27NO. The number of carbonyl (C=O) groups is 1. The highest BCUT2D eigenvalue weighted by Crippen LogP contribution is 2.30. The number of nitrogens with zero attached hydrogens (tertiary/aromatic N) is 1. The van der Waals surface area contributed by atoms with Gasteiger partial charge in [-0.2, -0.15) is 0 Å². The molecule has 0 aromatic carbocycles. The number of carbonyl (C=O) groups excluding carboxylic acids is 1. The summed E-state index contributed by atoms with van der Waals surface area (Å²) in [7, 11) is 2.13. The monoisotopic (exact) mass is 225 g/mol. The van der Waals surface area contributed by atoms with Crippen LogP contribution in [0, 0.1) is 11.8 Å². The van der Waals surface area contributed by atoms with Crippen molar-refractivity contribution in [3.63, 3.8) is 0 Å². The first kappa shape index (κ1) is 13.7. The third kappa shape index (κ3) is 3.89. The lowest BCUT2D eigenvalue weighted by Crippen LogP contribution is -2.37. The van der Waals surface area contributed by atoms with Gasteiger partial charge in [0.2, 0.25) is 0 Å². The molecule has 1 rings (SSSR count). The maximum absolute atomic E-state index is 11.9. The second-order valence-corrected chi connectivity index (χ2v) is 5.63. The Morgan fingerprint density at radius 2 is 2.12 bits per heavy atom. The molecule has 0 aromatic rings. The molecule has 0 spiro atoms. The van der Waals surface area contributed by atoms with Gasteiger partial charge >= 0.3 is 0 Å². The largest absolute Gasteiger partial charge is 0.303 e. The fraction of sp³-hybridized carbons (Fsp3) is 0.929. The highest BCUT2D eigenvalue weighted by Gasteiger charge is 2.29. The maximum atomic E-state index is 11.9. The zero-order valence-corrected chi connectivity index (χ0v) is 11.3. The van der Waals surface area contributed by atoms with Gasteiger partial charge in [0.05, 0.1) is 0 Å². The van der Waals surface area contributed by atoms with Crippen LogP contribution in [0.3, 0.4) is 0 Å². The fourth-order valence-corrected chi connectivity index (χ4v) is 2.61. The Morgan fingerprint density at radius 1 is 1.44 bits per heavy atom. The molecule has 0 aromatic heterocycles. The Morgan fingerprint density at radius 3 is 2.69 bits per heavy atom. The minimum Gasteiger partial charge on any atom is -0.303 e. The molecule has 0 radical (unpaired) electrons. The van der Waals surface area contributed by atoms with E-state index in [1.54, 1.807) is 0 Å². The average molecular weight is 225 g/mol. The molecule has 0 aliphatic heterocycles. The summed E-state index contributed by atoms with van der Waals surface area (Å²) in [4.78, 5) is 14.2. The van der Waals surface area contributed by atoms with Crippen LogP contribution in [0.25, 0.3) is 0 Å². The third-order valence-electron chi connectivity index (χ3n) is 3.96. The molecule has 2 unspecified atom stereocenters. The van der Waals surface area contributed by atoms with E-state index in [1.165, 1.54) is 12.8 Å². The van der Waals surface area contributed by atoms with E-state index in [0.717, 1.165) is 31.7 Å². The molecule has 2 nitrogen and oxygen atoms in total. The number of rotatable bonds is 5. The fourth-order valence-electron chi connectivity index (χ4n) is 2.61. The van der Waals surface area contributed by atoms with Crippen LogP contribution in [0.2, 0.25) is 0 Å². The second kappa shape index (κ2) is 6.39. The summed E-state index contributed by atoms with van der Waals surface area (Å²) in [6, 6.07) is 0.541. The first-order valence-electron chi connectivity index (χ1n) is 6.77. The van der Waals surface area contributed by atoms with Gasteiger partial charge in [-0.3, -0.25) is 4.79 Å². The SMILES string of the molecule is CCCC1CCC(=O)C(CN(C)C(C)C)C1. The average Bonchev–Trinajstić information content (AvgIpc) is 2.23. The van der Waals surface area contributed by atoms with Crippen molar-refractivity contribution in [3.8, 4) is 0 Å². The predicted molar refractivity (Wildman–Crippen MR) is 68.5 cm³/mol. The molecule has 2 heteroatoms. The minimum atomic E-state index is 0.303. The number of ketones is 1. The van der Waals surface area contributed by atoms with Gasteiger partial charge < -0.3 is 4.90 Å². The van der Waals surface area contributed by atoms with Crippen LogP contribution >= 0.6 is 0 Å². The lowest BCUT2D eigenvalue weighted by molar-refractivity contribution is -0.126. The molecule has 0 heterocycles. The molecular weight excluding hydrogens is 198 g/mol. The summed E-state index contributed by atoms with van der Waals surface area (Å²) in [5.41, 5.74) is 0. The van der Waals surface area contributed by atoms with Crippen molar-refractivity contribution in [2.24, 2.45) is 11.8 Å². The molecule has 16 heavy (non-hydrogen) atoms. The van der Waals surface area contributed by atoms with Crippen molar-refractivity contribution in [1.29, 1.82) is 0 Å². The summed E-state index contributed by atoms with van der Waals surface area (Å²) < 4.78 is 0. The highest BCUT2D eigenvalue weighted by atomic mass is 16.1. The molecule has 2 atom stereocenters. The lowest BCUT2D eigenvalue weighted by atomic mass is 9.78. The Labute approximate surface area is 100 Å². The smallest absolute Gasteiger partial charge is 0.137 e. The second-order valence-electron chi connectivity index (χ2n) is 5.63. The van der Waals surface area contributed by atoms with E-state index in [4.69, 9.17) is 0 Å². The van der Waals surface area contributed by atoms with Crippen LogP contribution in [0.4, 0.5) is 0 Å². The Bertz CT molecular complexity index is 225. The standard InChI is InChI=1S/C14H27NO/c1-5-6-12-7-8-14(16)13(9-12)10-15(4)11(2)3/h11-13H,5-10H2,1-4H3. The first-order chi connectivity index (χ1) is 7.54. The van der Waals surface area contributed by atoms with Crippen LogP contribution in [0.15, 0.2) is 0 Å². The van der Waals surface area contributed by atoms with Gasteiger partial charge in [0.1, 0.15) is 5.78 Å². The van der Waals surface area contributed by atoms with Gasteiger partial charge in [-0.15, -0.1) is 0 Å². The van der Waals surface area contributed by atoms with Crippen molar-refractivity contribution >= 4 is 5.78 Å². The van der Waals surface area contributed by atoms with Crippen molar-refractivity contribution in [3.05, 3.63) is 0 Å². The predicted octanol–water partition coefficient (Wildman–Crippen LogP) is 3.11. The molecule has 0 bridgehead atoms. The molecule has 94 valence electrons. The van der Waals surface area contributed by atoms with Crippen molar-refractivity contribution in [2.45, 2.75) is 58.9 Å². The molecule has 1 saturated carbocycles. The van der Waals surface area contributed by atoms with Crippen molar-refractivity contribution in [1.82, 2.24) is 4.90 Å². The zero-order chi connectivity index (χ0) is 12.1. The number of Topliss-reactive ketones (excluding diaryl/α,β-unsaturated/α-hetero) is 1. The van der Waals surface area contributed by atoms with Gasteiger partial charge in [-0.25, -0.2) is 0 Å². The van der Waals surface area contributed by atoms with Gasteiger partial charge in [0.25, 0.3) is 0 Å². The molecule has 1 fully saturated rings. The third-order valence-corrected chi connectivity index (χ3v) is 3.96. The van der Waals surface area contributed by atoms with Gasteiger partial charge in [-0.1, -0.05) is 19.8 Å². The van der Waals surface area contributed by atoms with Gasteiger partial charge in [0.15, 0.2) is 0 Å². The van der Waals surface area contributed by atoms with E-state index >= 15 is 0 Å².